The molecule has 1 aliphatic heterocycles. The van der Waals surface area contributed by atoms with Crippen LogP contribution in [0.3, 0.4) is 0 Å². The number of hydrogen-bond donors (Lipinski definition) is 0. The molecule has 0 saturated carbocycles. The minimum Gasteiger partial charge on any atom is -0.497 e. The number of benzene rings is 2. The highest BCUT2D eigenvalue weighted by atomic mass is 19.4. The molecule has 28 heavy (non-hydrogen) atoms. The third-order valence-electron chi connectivity index (χ3n) is 4.55. The van der Waals surface area contributed by atoms with Crippen LogP contribution in [0, 0.1) is 0 Å². The molecule has 0 bridgehead atoms. The molecule has 0 unspecified atom stereocenters. The van der Waals surface area contributed by atoms with Crippen molar-refractivity contribution in [3.63, 3.8) is 0 Å². The maximum absolute atomic E-state index is 13.1. The number of hydrogen-bond acceptors (Lipinski definition) is 3. The van der Waals surface area contributed by atoms with Gasteiger partial charge >= 0.3 is 6.18 Å². The zero-order valence-electron chi connectivity index (χ0n) is 15.2. The Bertz CT molecular complexity index is 866. The second-order valence-electron chi connectivity index (χ2n) is 6.41. The van der Waals surface area contributed by atoms with Crippen molar-refractivity contribution in [2.75, 3.05) is 25.2 Å². The fourth-order valence-corrected chi connectivity index (χ4v) is 3.03. The van der Waals surface area contributed by atoms with Gasteiger partial charge in [0, 0.05) is 24.2 Å². The maximum Gasteiger partial charge on any atom is 0.416 e. The van der Waals surface area contributed by atoms with E-state index < -0.39 is 17.6 Å². The van der Waals surface area contributed by atoms with Crippen LogP contribution in [0.1, 0.15) is 28.8 Å². The molecule has 3 rings (SSSR count). The molecule has 0 spiro atoms. The fourth-order valence-electron chi connectivity index (χ4n) is 3.03. The molecule has 0 aliphatic carbocycles. The number of alkyl halides is 3. The van der Waals surface area contributed by atoms with Gasteiger partial charge < -0.3 is 9.64 Å². The third-order valence-corrected chi connectivity index (χ3v) is 4.55. The molecule has 0 aromatic heterocycles. The van der Waals surface area contributed by atoms with Gasteiger partial charge in [-0.3, -0.25) is 14.5 Å². The van der Waals surface area contributed by atoms with Crippen LogP contribution in [0.5, 0.6) is 5.75 Å². The Morgan fingerprint density at radius 2 is 1.89 bits per heavy atom. The largest absolute Gasteiger partial charge is 0.497 e. The minimum absolute atomic E-state index is 0.0790. The first-order valence-electron chi connectivity index (χ1n) is 8.70. The van der Waals surface area contributed by atoms with Gasteiger partial charge in [0.15, 0.2) is 0 Å². The molecule has 1 heterocycles. The standard InChI is InChI=1S/C20H19F3N2O3/c1-28-17-9-7-14(8-10-17)19(27)25(13-24-11-3-6-18(24)26)16-5-2-4-15(12-16)20(21,22)23/h2,4-5,7-10,12H,3,6,11,13H2,1H3. The van der Waals surface area contributed by atoms with E-state index in [4.69, 9.17) is 4.74 Å². The lowest BCUT2D eigenvalue weighted by atomic mass is 10.1. The molecule has 2 aromatic rings. The first-order chi connectivity index (χ1) is 13.3. The Morgan fingerprint density at radius 3 is 2.46 bits per heavy atom. The number of halogens is 3. The van der Waals surface area contributed by atoms with E-state index in [0.29, 0.717) is 25.1 Å². The lowest BCUT2D eigenvalue weighted by molar-refractivity contribution is -0.137. The van der Waals surface area contributed by atoms with E-state index in [0.717, 1.165) is 12.1 Å². The Hall–Kier alpha value is -3.03. The predicted molar refractivity (Wildman–Crippen MR) is 97.1 cm³/mol. The van der Waals surface area contributed by atoms with Crippen LogP contribution in [0.4, 0.5) is 18.9 Å². The summed E-state index contributed by atoms with van der Waals surface area (Å²) in [6.07, 6.45) is -3.51. The number of amides is 2. The summed E-state index contributed by atoms with van der Waals surface area (Å²) in [5.74, 6) is -0.0712. The Labute approximate surface area is 160 Å². The fraction of sp³-hybridized carbons (Fsp3) is 0.300. The molecule has 0 N–H and O–H groups in total. The van der Waals surface area contributed by atoms with Crippen LogP contribution < -0.4 is 9.64 Å². The van der Waals surface area contributed by atoms with Crippen LogP contribution >= 0.6 is 0 Å². The van der Waals surface area contributed by atoms with Gasteiger partial charge in [0.25, 0.3) is 5.91 Å². The Morgan fingerprint density at radius 1 is 1.18 bits per heavy atom. The molecule has 1 fully saturated rings. The number of nitrogens with zero attached hydrogens (tertiary/aromatic N) is 2. The smallest absolute Gasteiger partial charge is 0.416 e. The van der Waals surface area contributed by atoms with Crippen LogP contribution in [-0.2, 0) is 11.0 Å². The van der Waals surface area contributed by atoms with Gasteiger partial charge in [-0.25, -0.2) is 0 Å². The maximum atomic E-state index is 13.1. The summed E-state index contributed by atoms with van der Waals surface area (Å²) in [6, 6.07) is 10.8. The highest BCUT2D eigenvalue weighted by Crippen LogP contribution is 2.32. The summed E-state index contributed by atoms with van der Waals surface area (Å²) >= 11 is 0. The highest BCUT2D eigenvalue weighted by molar-refractivity contribution is 6.06. The molecule has 2 amide bonds. The second kappa shape index (κ2) is 7.92. The van der Waals surface area contributed by atoms with Gasteiger partial charge in [0.2, 0.25) is 5.91 Å². The van der Waals surface area contributed by atoms with Gasteiger partial charge in [0.1, 0.15) is 12.4 Å². The molecule has 2 aromatic carbocycles. The number of ether oxygens (including phenoxy) is 1. The average molecular weight is 392 g/mol. The summed E-state index contributed by atoms with van der Waals surface area (Å²) in [5, 5.41) is 0. The van der Waals surface area contributed by atoms with Crippen LogP contribution in [0.2, 0.25) is 0 Å². The summed E-state index contributed by atoms with van der Waals surface area (Å²) in [6.45, 7) is 0.356. The van der Waals surface area contributed by atoms with Crippen molar-refractivity contribution >= 4 is 17.5 Å². The highest BCUT2D eigenvalue weighted by Gasteiger charge is 2.32. The topological polar surface area (TPSA) is 49.9 Å². The summed E-state index contributed by atoms with van der Waals surface area (Å²) in [4.78, 5) is 27.7. The molecule has 0 radical (unpaired) electrons. The lowest BCUT2D eigenvalue weighted by Crippen LogP contribution is -2.42. The van der Waals surface area contributed by atoms with E-state index in [9.17, 15) is 22.8 Å². The van der Waals surface area contributed by atoms with Gasteiger partial charge in [-0.2, -0.15) is 13.2 Å². The van der Waals surface area contributed by atoms with E-state index in [2.05, 4.69) is 0 Å². The van der Waals surface area contributed by atoms with Crippen molar-refractivity contribution in [2.45, 2.75) is 19.0 Å². The first-order valence-corrected chi connectivity index (χ1v) is 8.70. The van der Waals surface area contributed by atoms with Gasteiger partial charge in [-0.05, 0) is 48.9 Å². The third kappa shape index (κ3) is 4.27. The van der Waals surface area contributed by atoms with E-state index in [1.165, 1.54) is 41.2 Å². The normalized spacial score (nSPS) is 14.3. The average Bonchev–Trinajstić information content (AvgIpc) is 3.09. The predicted octanol–water partition coefficient (Wildman–Crippen LogP) is 3.94. The number of carbonyl (C=O) groups excluding carboxylic acids is 2. The summed E-state index contributed by atoms with van der Waals surface area (Å²) in [5.41, 5.74) is -0.495. The van der Waals surface area contributed by atoms with Crippen molar-refractivity contribution in [2.24, 2.45) is 0 Å². The Kier molecular flexibility index (Phi) is 5.58. The first kappa shape index (κ1) is 19.7. The summed E-state index contributed by atoms with van der Waals surface area (Å²) < 4.78 is 44.4. The SMILES string of the molecule is COc1ccc(C(=O)N(CN2CCCC2=O)c2cccc(C(F)(F)F)c2)cc1. The van der Waals surface area contributed by atoms with Gasteiger partial charge in [-0.15, -0.1) is 0 Å². The molecule has 0 atom stereocenters. The van der Waals surface area contributed by atoms with E-state index in [1.54, 1.807) is 12.1 Å². The van der Waals surface area contributed by atoms with E-state index in [1.807, 2.05) is 0 Å². The van der Waals surface area contributed by atoms with Crippen molar-refractivity contribution in [1.82, 2.24) is 4.90 Å². The number of rotatable bonds is 5. The van der Waals surface area contributed by atoms with E-state index in [-0.39, 0.29) is 23.8 Å². The number of carbonyl (C=O) groups is 2. The molecule has 8 heteroatoms. The molecule has 1 saturated heterocycles. The summed E-state index contributed by atoms with van der Waals surface area (Å²) in [7, 11) is 1.49. The van der Waals surface area contributed by atoms with Crippen molar-refractivity contribution < 1.29 is 27.5 Å². The van der Waals surface area contributed by atoms with Crippen molar-refractivity contribution in [1.29, 1.82) is 0 Å². The zero-order chi connectivity index (χ0) is 20.3. The lowest BCUT2D eigenvalue weighted by Gasteiger charge is -2.28. The van der Waals surface area contributed by atoms with Crippen molar-refractivity contribution in [3.05, 3.63) is 59.7 Å². The van der Waals surface area contributed by atoms with Crippen molar-refractivity contribution in [3.8, 4) is 5.75 Å². The molecular formula is C20H19F3N2O3. The molecule has 1 aliphatic rings. The number of anilines is 1. The molecule has 148 valence electrons. The van der Waals surface area contributed by atoms with Crippen LogP contribution in [-0.4, -0.2) is 37.0 Å². The Balaban J connectivity index is 1.96. The number of methoxy groups -OCH3 is 1. The van der Waals surface area contributed by atoms with Gasteiger partial charge in [-0.1, -0.05) is 6.07 Å². The van der Waals surface area contributed by atoms with Crippen LogP contribution in [0.25, 0.3) is 0 Å². The minimum atomic E-state index is -4.53. The quantitative estimate of drug-likeness (QED) is 0.775. The molecular weight excluding hydrogens is 373 g/mol. The number of likely N-dealkylation sites (tertiary alicyclic amines) is 1. The monoisotopic (exact) mass is 392 g/mol. The van der Waals surface area contributed by atoms with Gasteiger partial charge in [0.05, 0.1) is 12.7 Å². The van der Waals surface area contributed by atoms with E-state index >= 15 is 0 Å². The second-order valence-corrected chi connectivity index (χ2v) is 6.41. The zero-order valence-corrected chi connectivity index (χ0v) is 15.2. The van der Waals surface area contributed by atoms with Crippen LogP contribution in [0.15, 0.2) is 48.5 Å². The molecule has 5 nitrogen and oxygen atoms in total.